The lowest BCUT2D eigenvalue weighted by Crippen LogP contribution is -2.07. The summed E-state index contributed by atoms with van der Waals surface area (Å²) in [7, 11) is 1.30. The molecule has 0 radical (unpaired) electrons. The number of hydrogen-bond donors (Lipinski definition) is 0. The summed E-state index contributed by atoms with van der Waals surface area (Å²) in [6.45, 7) is 1.76. The number of ether oxygens (including phenoxy) is 1. The summed E-state index contributed by atoms with van der Waals surface area (Å²) in [5.74, 6) is -0.486. The van der Waals surface area contributed by atoms with E-state index < -0.39 is 5.97 Å². The van der Waals surface area contributed by atoms with Crippen LogP contribution in [0.25, 0.3) is 0 Å². The van der Waals surface area contributed by atoms with Crippen LogP contribution in [0.1, 0.15) is 21.5 Å². The number of nitrogens with zero attached hydrogens (tertiary/aromatic N) is 1. The normalized spacial score (nSPS) is 9.29. The highest BCUT2D eigenvalue weighted by Crippen LogP contribution is 2.23. The Bertz CT molecular complexity index is 421. The zero-order chi connectivity index (χ0) is 10.7. The lowest BCUT2D eigenvalue weighted by atomic mass is 10.0. The minimum absolute atomic E-state index is 0.317. The number of methoxy groups -OCH3 is 1. The summed E-state index contributed by atoms with van der Waals surface area (Å²) >= 11 is 3.21. The van der Waals surface area contributed by atoms with E-state index in [0.29, 0.717) is 15.6 Å². The van der Waals surface area contributed by atoms with Crippen LogP contribution in [-0.4, -0.2) is 13.1 Å². The highest BCUT2D eigenvalue weighted by Gasteiger charge is 2.16. The van der Waals surface area contributed by atoms with Crippen molar-refractivity contribution < 1.29 is 9.53 Å². The van der Waals surface area contributed by atoms with E-state index in [4.69, 9.17) is 5.26 Å². The van der Waals surface area contributed by atoms with Crippen molar-refractivity contribution in [2.24, 2.45) is 0 Å². The van der Waals surface area contributed by atoms with Crippen LogP contribution in [0, 0.1) is 18.3 Å². The van der Waals surface area contributed by atoms with Gasteiger partial charge in [-0.05, 0) is 34.5 Å². The average molecular weight is 254 g/mol. The number of nitriles is 1. The molecular weight excluding hydrogens is 246 g/mol. The number of hydrogen-bond acceptors (Lipinski definition) is 3. The number of aryl methyl sites for hydroxylation is 1. The lowest BCUT2D eigenvalue weighted by molar-refractivity contribution is 0.0599. The van der Waals surface area contributed by atoms with Crippen LogP contribution in [0.3, 0.4) is 0 Å². The molecule has 0 aromatic heterocycles. The summed E-state index contributed by atoms with van der Waals surface area (Å²) in [6.07, 6.45) is 0. The molecule has 0 spiro atoms. The van der Waals surface area contributed by atoms with E-state index in [0.717, 1.165) is 5.56 Å². The Morgan fingerprint density at radius 2 is 2.21 bits per heavy atom. The first kappa shape index (κ1) is 10.7. The molecule has 0 aliphatic heterocycles. The number of carbonyl (C=O) groups excluding carboxylic acids is 1. The van der Waals surface area contributed by atoms with Gasteiger partial charge in [0.1, 0.15) is 6.07 Å². The lowest BCUT2D eigenvalue weighted by Gasteiger charge is -2.06. The van der Waals surface area contributed by atoms with Gasteiger partial charge in [0.05, 0.1) is 18.2 Å². The molecule has 0 heterocycles. The Balaban J connectivity index is 3.47. The van der Waals surface area contributed by atoms with Gasteiger partial charge in [-0.15, -0.1) is 0 Å². The number of rotatable bonds is 1. The van der Waals surface area contributed by atoms with Crippen molar-refractivity contribution in [3.8, 4) is 6.07 Å². The topological polar surface area (TPSA) is 50.1 Å². The number of halogens is 1. The summed E-state index contributed by atoms with van der Waals surface area (Å²) < 4.78 is 5.21. The van der Waals surface area contributed by atoms with Crippen molar-refractivity contribution in [2.45, 2.75) is 6.92 Å². The van der Waals surface area contributed by atoms with E-state index in [9.17, 15) is 4.79 Å². The average Bonchev–Trinajstić information content (AvgIpc) is 2.19. The van der Waals surface area contributed by atoms with E-state index in [1.165, 1.54) is 7.11 Å². The standard InChI is InChI=1S/C10H8BrNO2/c1-6-3-4-8(11)7(5-12)9(6)10(13)14-2/h3-4H,1-2H3. The minimum atomic E-state index is -0.486. The van der Waals surface area contributed by atoms with Gasteiger partial charge in [-0.25, -0.2) is 4.79 Å². The summed E-state index contributed by atoms with van der Waals surface area (Å²) in [5.41, 5.74) is 1.37. The fourth-order valence-electron chi connectivity index (χ4n) is 1.16. The van der Waals surface area contributed by atoms with Crippen LogP contribution in [0.15, 0.2) is 16.6 Å². The summed E-state index contributed by atoms with van der Waals surface area (Å²) in [6, 6.07) is 5.47. The quantitative estimate of drug-likeness (QED) is 0.723. The van der Waals surface area contributed by atoms with E-state index in [1.54, 1.807) is 19.1 Å². The molecule has 1 aromatic carbocycles. The van der Waals surface area contributed by atoms with Crippen molar-refractivity contribution in [3.63, 3.8) is 0 Å². The fourth-order valence-corrected chi connectivity index (χ4v) is 1.57. The van der Waals surface area contributed by atoms with Crippen molar-refractivity contribution in [3.05, 3.63) is 33.3 Å². The molecule has 0 saturated carbocycles. The smallest absolute Gasteiger partial charge is 0.339 e. The highest BCUT2D eigenvalue weighted by atomic mass is 79.9. The van der Waals surface area contributed by atoms with Gasteiger partial charge in [-0.1, -0.05) is 6.07 Å². The molecule has 0 bridgehead atoms. The first-order valence-corrected chi connectivity index (χ1v) is 4.68. The van der Waals surface area contributed by atoms with Gasteiger partial charge in [0.25, 0.3) is 0 Å². The first-order chi connectivity index (χ1) is 6.61. The molecule has 1 rings (SSSR count). The van der Waals surface area contributed by atoms with Crippen LogP contribution in [-0.2, 0) is 4.74 Å². The fraction of sp³-hybridized carbons (Fsp3) is 0.200. The molecule has 0 aliphatic rings. The second-order valence-corrected chi connectivity index (χ2v) is 3.57. The van der Waals surface area contributed by atoms with Crippen LogP contribution in [0.5, 0.6) is 0 Å². The van der Waals surface area contributed by atoms with Gasteiger partial charge in [0.15, 0.2) is 0 Å². The minimum Gasteiger partial charge on any atom is -0.465 e. The zero-order valence-electron chi connectivity index (χ0n) is 7.80. The third-order valence-electron chi connectivity index (χ3n) is 1.86. The molecule has 72 valence electrons. The maximum Gasteiger partial charge on any atom is 0.339 e. The largest absolute Gasteiger partial charge is 0.465 e. The predicted molar refractivity (Wildman–Crippen MR) is 54.9 cm³/mol. The Morgan fingerprint density at radius 3 is 2.71 bits per heavy atom. The first-order valence-electron chi connectivity index (χ1n) is 3.89. The summed E-state index contributed by atoms with van der Waals surface area (Å²) in [5, 5.41) is 8.88. The Labute approximate surface area is 90.4 Å². The molecule has 0 atom stereocenters. The van der Waals surface area contributed by atoms with E-state index in [1.807, 2.05) is 6.07 Å². The van der Waals surface area contributed by atoms with Crippen molar-refractivity contribution in [1.82, 2.24) is 0 Å². The molecule has 0 amide bonds. The molecule has 0 aliphatic carbocycles. The van der Waals surface area contributed by atoms with Gasteiger partial charge in [0.2, 0.25) is 0 Å². The van der Waals surface area contributed by atoms with Crippen molar-refractivity contribution >= 4 is 21.9 Å². The molecular formula is C10H8BrNO2. The van der Waals surface area contributed by atoms with Gasteiger partial charge in [-0.3, -0.25) is 0 Å². The highest BCUT2D eigenvalue weighted by molar-refractivity contribution is 9.10. The Hall–Kier alpha value is -1.34. The number of benzene rings is 1. The van der Waals surface area contributed by atoms with E-state index >= 15 is 0 Å². The molecule has 0 unspecified atom stereocenters. The van der Waals surface area contributed by atoms with E-state index in [2.05, 4.69) is 20.7 Å². The Kier molecular flexibility index (Phi) is 3.26. The maximum absolute atomic E-state index is 11.4. The monoisotopic (exact) mass is 253 g/mol. The molecule has 0 fully saturated rings. The maximum atomic E-state index is 11.4. The van der Waals surface area contributed by atoms with Gasteiger partial charge < -0.3 is 4.74 Å². The van der Waals surface area contributed by atoms with Gasteiger partial charge in [0, 0.05) is 4.47 Å². The molecule has 1 aromatic rings. The summed E-state index contributed by atoms with van der Waals surface area (Å²) in [4.78, 5) is 11.4. The second-order valence-electron chi connectivity index (χ2n) is 2.72. The SMILES string of the molecule is COC(=O)c1c(C)ccc(Br)c1C#N. The Morgan fingerprint density at radius 1 is 1.57 bits per heavy atom. The zero-order valence-corrected chi connectivity index (χ0v) is 9.38. The number of carbonyl (C=O) groups is 1. The molecule has 14 heavy (non-hydrogen) atoms. The molecule has 3 nitrogen and oxygen atoms in total. The molecule has 0 saturated heterocycles. The number of esters is 1. The van der Waals surface area contributed by atoms with Crippen LogP contribution in [0.4, 0.5) is 0 Å². The predicted octanol–water partition coefficient (Wildman–Crippen LogP) is 2.42. The van der Waals surface area contributed by atoms with Crippen molar-refractivity contribution in [2.75, 3.05) is 7.11 Å². The van der Waals surface area contributed by atoms with Gasteiger partial charge in [-0.2, -0.15) is 5.26 Å². The third-order valence-corrected chi connectivity index (χ3v) is 2.52. The molecule has 0 N–H and O–H groups in total. The third kappa shape index (κ3) is 1.78. The van der Waals surface area contributed by atoms with Crippen LogP contribution >= 0.6 is 15.9 Å². The van der Waals surface area contributed by atoms with Gasteiger partial charge >= 0.3 is 5.97 Å². The van der Waals surface area contributed by atoms with E-state index in [-0.39, 0.29) is 0 Å². The van der Waals surface area contributed by atoms with Crippen molar-refractivity contribution in [1.29, 1.82) is 5.26 Å². The molecule has 4 heteroatoms. The second kappa shape index (κ2) is 4.25. The van der Waals surface area contributed by atoms with Crippen LogP contribution < -0.4 is 0 Å². The van der Waals surface area contributed by atoms with Crippen LogP contribution in [0.2, 0.25) is 0 Å².